The molecule has 31 heavy (non-hydrogen) atoms. The Balaban J connectivity index is 1.63. The zero-order valence-corrected chi connectivity index (χ0v) is 17.4. The lowest BCUT2D eigenvalue weighted by molar-refractivity contribution is 0.0951. The zero-order valence-electron chi connectivity index (χ0n) is 17.4. The van der Waals surface area contributed by atoms with Gasteiger partial charge in [-0.25, -0.2) is 14.8 Å². The third-order valence-corrected chi connectivity index (χ3v) is 4.79. The summed E-state index contributed by atoms with van der Waals surface area (Å²) in [6, 6.07) is 12.7. The number of aromatic nitrogens is 5. The minimum absolute atomic E-state index is 0.147. The molecule has 0 saturated heterocycles. The van der Waals surface area contributed by atoms with E-state index in [9.17, 15) is 9.59 Å². The van der Waals surface area contributed by atoms with Crippen LogP contribution in [0, 0.1) is 0 Å². The Morgan fingerprint density at radius 3 is 2.81 bits per heavy atom. The molecule has 3 aromatic heterocycles. The van der Waals surface area contributed by atoms with Crippen LogP contribution in [-0.2, 0) is 6.54 Å². The Hall–Kier alpha value is -3.85. The number of nitrogens with one attached hydrogen (secondary N) is 2. The molecular formula is C22H23N7O2. The normalized spacial score (nSPS) is 11.2. The van der Waals surface area contributed by atoms with Crippen LogP contribution in [0.1, 0.15) is 16.1 Å². The molecule has 0 bridgehead atoms. The predicted molar refractivity (Wildman–Crippen MR) is 118 cm³/mol. The van der Waals surface area contributed by atoms with E-state index in [1.807, 2.05) is 43.3 Å². The number of nitrogens with zero attached hydrogens (tertiary/aromatic N) is 5. The van der Waals surface area contributed by atoms with E-state index in [2.05, 4.69) is 25.3 Å². The Morgan fingerprint density at radius 2 is 2.03 bits per heavy atom. The van der Waals surface area contributed by atoms with Crippen molar-refractivity contribution in [2.45, 2.75) is 6.54 Å². The van der Waals surface area contributed by atoms with Crippen molar-refractivity contribution >= 4 is 17.2 Å². The first kappa shape index (κ1) is 20.4. The fourth-order valence-electron chi connectivity index (χ4n) is 3.17. The van der Waals surface area contributed by atoms with Crippen LogP contribution in [0.4, 0.5) is 0 Å². The highest BCUT2D eigenvalue weighted by Crippen LogP contribution is 2.20. The fraction of sp³-hybridized carbons (Fsp3) is 0.227. The number of fused-ring (bicyclic) bond motifs is 1. The van der Waals surface area contributed by atoms with Crippen LogP contribution >= 0.6 is 0 Å². The van der Waals surface area contributed by atoms with E-state index in [1.54, 1.807) is 30.6 Å². The van der Waals surface area contributed by atoms with E-state index < -0.39 is 0 Å². The molecule has 0 atom stereocenters. The van der Waals surface area contributed by atoms with E-state index >= 15 is 0 Å². The second-order valence-corrected chi connectivity index (χ2v) is 7.40. The minimum atomic E-state index is -0.299. The average molecular weight is 417 g/mol. The third kappa shape index (κ3) is 4.67. The molecule has 0 fully saturated rings. The molecule has 0 spiro atoms. The summed E-state index contributed by atoms with van der Waals surface area (Å²) < 4.78 is 1.51. The van der Waals surface area contributed by atoms with E-state index in [0.717, 1.165) is 17.8 Å². The predicted octanol–water partition coefficient (Wildman–Crippen LogP) is 1.52. The lowest BCUT2D eigenvalue weighted by atomic mass is 10.1. The molecule has 1 aromatic carbocycles. The monoisotopic (exact) mass is 417 g/mol. The molecule has 4 rings (SSSR count). The van der Waals surface area contributed by atoms with Crippen molar-refractivity contribution in [2.24, 2.45) is 0 Å². The van der Waals surface area contributed by atoms with Crippen molar-refractivity contribution in [1.29, 1.82) is 0 Å². The molecule has 3 heterocycles. The highest BCUT2D eigenvalue weighted by atomic mass is 16.2. The molecule has 2 N–H and O–H groups in total. The lowest BCUT2D eigenvalue weighted by Gasteiger charge is -2.11. The molecule has 0 aliphatic carbocycles. The summed E-state index contributed by atoms with van der Waals surface area (Å²) >= 11 is 0. The summed E-state index contributed by atoms with van der Waals surface area (Å²) in [7, 11) is 3.91. The van der Waals surface area contributed by atoms with E-state index in [4.69, 9.17) is 0 Å². The number of imidazole rings is 1. The second kappa shape index (κ2) is 8.88. The van der Waals surface area contributed by atoms with Gasteiger partial charge in [0.1, 0.15) is 0 Å². The van der Waals surface area contributed by atoms with Gasteiger partial charge in [-0.15, -0.1) is 0 Å². The van der Waals surface area contributed by atoms with Gasteiger partial charge in [0, 0.05) is 30.4 Å². The van der Waals surface area contributed by atoms with Crippen LogP contribution in [0.25, 0.3) is 22.6 Å². The van der Waals surface area contributed by atoms with Crippen molar-refractivity contribution < 1.29 is 4.79 Å². The Bertz CT molecular complexity index is 1260. The number of amides is 1. The molecule has 0 aliphatic rings. The second-order valence-electron chi connectivity index (χ2n) is 7.40. The van der Waals surface area contributed by atoms with Crippen molar-refractivity contribution in [1.82, 2.24) is 34.7 Å². The van der Waals surface area contributed by atoms with Gasteiger partial charge in [-0.2, -0.15) is 0 Å². The summed E-state index contributed by atoms with van der Waals surface area (Å²) in [5.74, 6) is -0.147. The van der Waals surface area contributed by atoms with Crippen molar-refractivity contribution in [2.75, 3.05) is 27.2 Å². The van der Waals surface area contributed by atoms with Crippen LogP contribution in [0.3, 0.4) is 0 Å². The van der Waals surface area contributed by atoms with Gasteiger partial charge >= 0.3 is 5.69 Å². The summed E-state index contributed by atoms with van der Waals surface area (Å²) in [6.45, 7) is 1.60. The van der Waals surface area contributed by atoms with Crippen LogP contribution < -0.4 is 11.0 Å². The van der Waals surface area contributed by atoms with Gasteiger partial charge in [-0.3, -0.25) is 19.3 Å². The number of aromatic amines is 1. The third-order valence-electron chi connectivity index (χ3n) is 4.79. The summed E-state index contributed by atoms with van der Waals surface area (Å²) in [4.78, 5) is 42.9. The summed E-state index contributed by atoms with van der Waals surface area (Å²) in [6.07, 6.45) is 3.27. The van der Waals surface area contributed by atoms with Crippen molar-refractivity contribution in [3.63, 3.8) is 0 Å². The summed E-state index contributed by atoms with van der Waals surface area (Å²) in [5, 5.41) is 2.90. The van der Waals surface area contributed by atoms with Crippen molar-refractivity contribution in [3.05, 3.63) is 76.6 Å². The first-order valence-electron chi connectivity index (χ1n) is 9.90. The molecule has 1 amide bonds. The molecule has 9 nitrogen and oxygen atoms in total. The molecule has 158 valence electrons. The number of benzene rings is 1. The highest BCUT2D eigenvalue weighted by molar-refractivity contribution is 5.95. The molecule has 0 aliphatic heterocycles. The number of hydrogen-bond donors (Lipinski definition) is 2. The Morgan fingerprint density at radius 1 is 1.16 bits per heavy atom. The SMILES string of the molecule is CN(C)CCNC(=O)c1cccc(-c2cnc3[nH]c(=O)n(Cc4ccccn4)c3n2)c1. The number of pyridine rings is 1. The van der Waals surface area contributed by atoms with Gasteiger partial charge in [-0.05, 0) is 38.4 Å². The lowest BCUT2D eigenvalue weighted by Crippen LogP contribution is -2.31. The molecule has 9 heteroatoms. The standard InChI is InChI=1S/C22H23N7O2/c1-28(2)11-10-24-21(30)16-7-5-6-15(12-16)18-13-25-19-20(26-18)29(22(31)27-19)14-17-8-3-4-9-23-17/h3-9,12-13H,10-11,14H2,1-2H3,(H,24,30)(H,25,27,31). The minimum Gasteiger partial charge on any atom is -0.351 e. The number of H-pyrrole nitrogens is 1. The van der Waals surface area contributed by atoms with Gasteiger partial charge in [0.25, 0.3) is 5.91 Å². The van der Waals surface area contributed by atoms with Crippen molar-refractivity contribution in [3.8, 4) is 11.3 Å². The van der Waals surface area contributed by atoms with E-state index in [1.165, 1.54) is 4.57 Å². The number of likely N-dealkylation sites (N-methyl/N-ethyl adjacent to an activating group) is 1. The molecule has 0 saturated carbocycles. The maximum Gasteiger partial charge on any atom is 0.329 e. The average Bonchev–Trinajstić information content (AvgIpc) is 3.08. The van der Waals surface area contributed by atoms with Gasteiger partial charge < -0.3 is 10.2 Å². The molecule has 0 radical (unpaired) electrons. The maximum atomic E-state index is 12.5. The number of hydrogen-bond acceptors (Lipinski definition) is 6. The van der Waals surface area contributed by atoms with Crippen LogP contribution in [0.5, 0.6) is 0 Å². The molecular weight excluding hydrogens is 394 g/mol. The fourth-order valence-corrected chi connectivity index (χ4v) is 3.17. The quantitative estimate of drug-likeness (QED) is 0.472. The largest absolute Gasteiger partial charge is 0.351 e. The highest BCUT2D eigenvalue weighted by Gasteiger charge is 2.13. The molecule has 4 aromatic rings. The first-order chi connectivity index (χ1) is 15.0. The van der Waals surface area contributed by atoms with E-state index in [-0.39, 0.29) is 18.1 Å². The van der Waals surface area contributed by atoms with E-state index in [0.29, 0.717) is 29.1 Å². The number of carbonyl (C=O) groups excluding carboxylic acids is 1. The number of rotatable bonds is 7. The maximum absolute atomic E-state index is 12.5. The number of carbonyl (C=O) groups is 1. The Kier molecular flexibility index (Phi) is 5.85. The van der Waals surface area contributed by atoms with Gasteiger partial charge in [0.2, 0.25) is 0 Å². The molecule has 0 unspecified atom stereocenters. The van der Waals surface area contributed by atoms with Gasteiger partial charge in [0.15, 0.2) is 11.3 Å². The Labute approximate surface area is 178 Å². The topological polar surface area (TPSA) is 109 Å². The van der Waals surface area contributed by atoms with Crippen LogP contribution in [0.2, 0.25) is 0 Å². The smallest absolute Gasteiger partial charge is 0.329 e. The van der Waals surface area contributed by atoms with Gasteiger partial charge in [-0.1, -0.05) is 18.2 Å². The van der Waals surface area contributed by atoms with Crippen LogP contribution in [-0.4, -0.2) is 62.5 Å². The van der Waals surface area contributed by atoms with Gasteiger partial charge in [0.05, 0.1) is 24.1 Å². The van der Waals surface area contributed by atoms with Crippen LogP contribution in [0.15, 0.2) is 59.7 Å². The zero-order chi connectivity index (χ0) is 21.8. The first-order valence-corrected chi connectivity index (χ1v) is 9.90. The summed E-state index contributed by atoms with van der Waals surface area (Å²) in [5.41, 5.74) is 3.15.